The van der Waals surface area contributed by atoms with Crippen molar-refractivity contribution >= 4 is 22.8 Å². The molecular formula is C14H13NO4. The molecule has 1 unspecified atom stereocenters. The Morgan fingerprint density at radius 1 is 1.37 bits per heavy atom. The summed E-state index contributed by atoms with van der Waals surface area (Å²) in [6.45, 7) is 0. The highest BCUT2D eigenvalue weighted by molar-refractivity contribution is 5.91. The van der Waals surface area contributed by atoms with Gasteiger partial charge in [-0.25, -0.2) is 0 Å². The summed E-state index contributed by atoms with van der Waals surface area (Å²) in [7, 11) is 0. The summed E-state index contributed by atoms with van der Waals surface area (Å²) in [6, 6.07) is 7.84. The molecule has 1 aromatic heterocycles. The van der Waals surface area contributed by atoms with E-state index in [0.29, 0.717) is 6.42 Å². The van der Waals surface area contributed by atoms with Gasteiger partial charge in [0.2, 0.25) is 0 Å². The van der Waals surface area contributed by atoms with Crippen molar-refractivity contribution in [3.8, 4) is 0 Å². The van der Waals surface area contributed by atoms with Crippen molar-refractivity contribution in [3.63, 3.8) is 0 Å². The molecule has 0 bridgehead atoms. The summed E-state index contributed by atoms with van der Waals surface area (Å²) in [5.41, 5.74) is 3.09. The van der Waals surface area contributed by atoms with Gasteiger partial charge in [-0.2, -0.15) is 0 Å². The van der Waals surface area contributed by atoms with E-state index >= 15 is 0 Å². The van der Waals surface area contributed by atoms with Crippen molar-refractivity contribution in [2.75, 3.05) is 0 Å². The molecule has 0 saturated carbocycles. The zero-order valence-electron chi connectivity index (χ0n) is 10.2. The number of carbonyl (C=O) groups excluding carboxylic acids is 1. The number of para-hydroxylation sites is 1. The first-order chi connectivity index (χ1) is 9.15. The quantitative estimate of drug-likeness (QED) is 0.654. The number of esters is 1. The maximum atomic E-state index is 11.5. The van der Waals surface area contributed by atoms with Crippen molar-refractivity contribution in [2.45, 2.75) is 25.4 Å². The number of carbonyl (C=O) groups is 2. The number of aromatic amines is 1. The minimum Gasteiger partial charge on any atom is -0.481 e. The van der Waals surface area contributed by atoms with Gasteiger partial charge in [-0.05, 0) is 18.9 Å². The Kier molecular flexibility index (Phi) is 2.74. The molecule has 5 nitrogen and oxygen atoms in total. The van der Waals surface area contributed by atoms with Crippen LogP contribution in [0.5, 0.6) is 0 Å². The fraction of sp³-hybridized carbons (Fsp3) is 0.286. The van der Waals surface area contributed by atoms with Crippen molar-refractivity contribution in [1.29, 1.82) is 0 Å². The third kappa shape index (κ3) is 2.07. The maximum Gasteiger partial charge on any atom is 0.317 e. The molecule has 0 saturated heterocycles. The molecule has 1 atom stereocenters. The summed E-state index contributed by atoms with van der Waals surface area (Å²) in [5.74, 6) is -1.85. The molecule has 19 heavy (non-hydrogen) atoms. The smallest absolute Gasteiger partial charge is 0.317 e. The molecule has 0 aliphatic heterocycles. The number of nitrogens with one attached hydrogen (secondary N) is 1. The molecule has 1 aliphatic rings. The topological polar surface area (TPSA) is 79.4 Å². The minimum atomic E-state index is -1.16. The number of hydrogen-bond acceptors (Lipinski definition) is 3. The number of hydrogen-bond donors (Lipinski definition) is 2. The van der Waals surface area contributed by atoms with E-state index in [2.05, 4.69) is 4.98 Å². The number of rotatable bonds is 3. The van der Waals surface area contributed by atoms with Crippen LogP contribution in [0.1, 0.15) is 30.2 Å². The lowest BCUT2D eigenvalue weighted by Gasteiger charge is -2.12. The molecule has 1 aliphatic carbocycles. The predicted octanol–water partition coefficient (Wildman–Crippen LogP) is 2.17. The second-order valence-electron chi connectivity index (χ2n) is 4.65. The lowest BCUT2D eigenvalue weighted by molar-refractivity contribution is -0.155. The van der Waals surface area contributed by atoms with Crippen LogP contribution in [0.15, 0.2) is 24.3 Å². The third-order valence-electron chi connectivity index (χ3n) is 3.38. The molecule has 98 valence electrons. The zero-order valence-corrected chi connectivity index (χ0v) is 10.2. The minimum absolute atomic E-state index is 0.335. The van der Waals surface area contributed by atoms with Crippen LogP contribution in [0.4, 0.5) is 0 Å². The molecule has 2 N–H and O–H groups in total. The van der Waals surface area contributed by atoms with Crippen molar-refractivity contribution < 1.29 is 19.4 Å². The predicted molar refractivity (Wildman–Crippen MR) is 67.7 cm³/mol. The van der Waals surface area contributed by atoms with Gasteiger partial charge in [0.15, 0.2) is 0 Å². The van der Waals surface area contributed by atoms with E-state index in [-0.39, 0.29) is 6.10 Å². The molecule has 0 radical (unpaired) electrons. The van der Waals surface area contributed by atoms with E-state index in [9.17, 15) is 9.59 Å². The van der Waals surface area contributed by atoms with Crippen LogP contribution < -0.4 is 0 Å². The Hall–Kier alpha value is -2.30. The first kappa shape index (κ1) is 11.8. The standard InChI is InChI=1S/C14H13NO4/c16-12(17)7-13(18)19-11-6-5-10-14(11)8-3-1-2-4-9(8)15-10/h1-4,11,15H,5-7H2,(H,16,17). The van der Waals surface area contributed by atoms with Crippen molar-refractivity contribution in [1.82, 2.24) is 4.98 Å². The number of H-pyrrole nitrogens is 1. The van der Waals surface area contributed by atoms with Gasteiger partial charge in [0.05, 0.1) is 0 Å². The van der Waals surface area contributed by atoms with Crippen LogP contribution >= 0.6 is 0 Å². The Labute approximate surface area is 109 Å². The summed E-state index contributed by atoms with van der Waals surface area (Å²) < 4.78 is 5.28. The fourth-order valence-corrected chi connectivity index (χ4v) is 2.65. The highest BCUT2D eigenvalue weighted by Crippen LogP contribution is 2.39. The van der Waals surface area contributed by atoms with E-state index in [4.69, 9.17) is 9.84 Å². The Morgan fingerprint density at radius 2 is 2.16 bits per heavy atom. The van der Waals surface area contributed by atoms with Crippen LogP contribution in [-0.2, 0) is 20.7 Å². The van der Waals surface area contributed by atoms with E-state index in [0.717, 1.165) is 28.6 Å². The molecule has 5 heteroatoms. The number of aromatic nitrogens is 1. The third-order valence-corrected chi connectivity index (χ3v) is 3.38. The van der Waals surface area contributed by atoms with Gasteiger partial charge in [-0.15, -0.1) is 0 Å². The average Bonchev–Trinajstić information content (AvgIpc) is 2.88. The normalized spacial score (nSPS) is 17.4. The number of ether oxygens (including phenoxy) is 1. The molecule has 0 amide bonds. The van der Waals surface area contributed by atoms with Gasteiger partial charge >= 0.3 is 11.9 Å². The second-order valence-corrected chi connectivity index (χ2v) is 4.65. The Balaban J connectivity index is 1.89. The largest absolute Gasteiger partial charge is 0.481 e. The van der Waals surface area contributed by atoms with Crippen LogP contribution in [0.25, 0.3) is 10.9 Å². The summed E-state index contributed by atoms with van der Waals surface area (Å²) >= 11 is 0. The number of benzene rings is 1. The van der Waals surface area contributed by atoms with E-state index in [1.165, 1.54) is 0 Å². The van der Waals surface area contributed by atoms with Gasteiger partial charge in [0.25, 0.3) is 0 Å². The second kappa shape index (κ2) is 4.42. The number of fused-ring (bicyclic) bond motifs is 3. The monoisotopic (exact) mass is 259 g/mol. The van der Waals surface area contributed by atoms with Crippen LogP contribution in [0.2, 0.25) is 0 Å². The van der Waals surface area contributed by atoms with Gasteiger partial charge < -0.3 is 14.8 Å². The molecule has 1 heterocycles. The Morgan fingerprint density at radius 3 is 2.95 bits per heavy atom. The summed E-state index contributed by atoms with van der Waals surface area (Å²) in [4.78, 5) is 25.3. The van der Waals surface area contributed by atoms with Gasteiger partial charge in [0, 0.05) is 22.2 Å². The van der Waals surface area contributed by atoms with Crippen LogP contribution in [0.3, 0.4) is 0 Å². The maximum absolute atomic E-state index is 11.5. The summed E-state index contributed by atoms with van der Waals surface area (Å²) in [6.07, 6.45) is 0.596. The fourth-order valence-electron chi connectivity index (χ4n) is 2.65. The van der Waals surface area contributed by atoms with E-state index in [1.807, 2.05) is 24.3 Å². The molecule has 1 aromatic carbocycles. The molecule has 0 fully saturated rings. The number of aliphatic carboxylic acids is 1. The molecular weight excluding hydrogens is 246 g/mol. The summed E-state index contributed by atoms with van der Waals surface area (Å²) in [5, 5.41) is 9.62. The first-order valence-electron chi connectivity index (χ1n) is 6.16. The van der Waals surface area contributed by atoms with Crippen LogP contribution in [-0.4, -0.2) is 22.0 Å². The van der Waals surface area contributed by atoms with Gasteiger partial charge in [-0.1, -0.05) is 18.2 Å². The van der Waals surface area contributed by atoms with Gasteiger partial charge in [-0.3, -0.25) is 9.59 Å². The number of carboxylic acids is 1. The molecule has 3 rings (SSSR count). The Bertz CT molecular complexity index is 659. The highest BCUT2D eigenvalue weighted by Gasteiger charge is 2.30. The molecule has 2 aromatic rings. The highest BCUT2D eigenvalue weighted by atomic mass is 16.5. The van der Waals surface area contributed by atoms with Crippen molar-refractivity contribution in [2.24, 2.45) is 0 Å². The first-order valence-corrected chi connectivity index (χ1v) is 6.16. The van der Waals surface area contributed by atoms with Crippen molar-refractivity contribution in [3.05, 3.63) is 35.5 Å². The zero-order chi connectivity index (χ0) is 13.4. The molecule has 0 spiro atoms. The van der Waals surface area contributed by atoms with Crippen LogP contribution in [0, 0.1) is 0 Å². The number of carboxylic acid groups (broad SMARTS) is 1. The van der Waals surface area contributed by atoms with E-state index in [1.54, 1.807) is 0 Å². The lowest BCUT2D eigenvalue weighted by Crippen LogP contribution is -2.13. The SMILES string of the molecule is O=C(O)CC(=O)OC1CCc2[nH]c3ccccc3c21. The van der Waals surface area contributed by atoms with Gasteiger partial charge in [0.1, 0.15) is 12.5 Å². The average molecular weight is 259 g/mol. The number of aryl methyl sites for hydroxylation is 1. The van der Waals surface area contributed by atoms with E-state index < -0.39 is 18.4 Å². The lowest BCUT2D eigenvalue weighted by atomic mass is 10.1.